The number of hydrogen-bond acceptors (Lipinski definition) is 7. The number of nitrogens with two attached hydrogens (primary N) is 1. The third-order valence-corrected chi connectivity index (χ3v) is 6.17. The molecule has 1 aliphatic heterocycles. The molecule has 3 amide bonds. The maximum Gasteiger partial charge on any atom is 0.284 e. The summed E-state index contributed by atoms with van der Waals surface area (Å²) >= 11 is 0. The van der Waals surface area contributed by atoms with E-state index in [0.717, 1.165) is 22.1 Å². The molecule has 4 heterocycles. The highest BCUT2D eigenvalue weighted by molar-refractivity contribution is 6.05. The quantitative estimate of drug-likeness (QED) is 0.331. The molecule has 0 spiro atoms. The van der Waals surface area contributed by atoms with Gasteiger partial charge in [0.1, 0.15) is 12.4 Å². The first kappa shape index (κ1) is 23.8. The van der Waals surface area contributed by atoms with Crippen molar-refractivity contribution in [3.05, 3.63) is 70.9 Å². The molecule has 0 saturated carbocycles. The summed E-state index contributed by atoms with van der Waals surface area (Å²) < 4.78 is 17.1. The van der Waals surface area contributed by atoms with E-state index in [4.69, 9.17) is 5.73 Å². The molecule has 13 heteroatoms. The predicted molar refractivity (Wildman–Crippen MR) is 130 cm³/mol. The van der Waals surface area contributed by atoms with Gasteiger partial charge in [-0.1, -0.05) is 6.07 Å². The standard InChI is InChI=1S/C24H21FN8O4/c25-24(23(37)30-19-11-16(34)5-7-27-19)6-1-9-32(24)20(35)13-33-18-3-2-14(15-4-8-28-29-12-15)10-17(18)21(31-33)22(26)36/h2-5,7-8,10-12H,1,6,9,13H2,(H2,26,36)(H2,27,30,34,37)/t24-/m1/s1. The van der Waals surface area contributed by atoms with Crippen molar-refractivity contribution < 1.29 is 18.8 Å². The third kappa shape index (κ3) is 4.42. The van der Waals surface area contributed by atoms with Crippen LogP contribution in [0.15, 0.2) is 59.8 Å². The molecule has 1 aromatic carbocycles. The number of H-pyrrole nitrogens is 1. The Morgan fingerprint density at radius 3 is 2.70 bits per heavy atom. The van der Waals surface area contributed by atoms with Gasteiger partial charge in [0.15, 0.2) is 11.1 Å². The summed E-state index contributed by atoms with van der Waals surface area (Å²) in [7, 11) is 0. The van der Waals surface area contributed by atoms with E-state index in [0.29, 0.717) is 10.9 Å². The van der Waals surface area contributed by atoms with Crippen molar-refractivity contribution >= 4 is 34.4 Å². The highest BCUT2D eigenvalue weighted by Gasteiger charge is 2.50. The summed E-state index contributed by atoms with van der Waals surface area (Å²) in [5.41, 5.74) is 7.02. The molecule has 1 aliphatic rings. The van der Waals surface area contributed by atoms with E-state index in [2.05, 4.69) is 25.6 Å². The average Bonchev–Trinajstić information content (AvgIpc) is 3.46. The molecule has 0 radical (unpaired) electrons. The molecule has 0 unspecified atom stereocenters. The fourth-order valence-corrected chi connectivity index (χ4v) is 4.41. The van der Waals surface area contributed by atoms with Crippen LogP contribution in [0.1, 0.15) is 23.3 Å². The van der Waals surface area contributed by atoms with E-state index in [1.54, 1.807) is 30.5 Å². The molecule has 1 saturated heterocycles. The number of alkyl halides is 1. The Bertz CT molecular complexity index is 1580. The number of anilines is 1. The van der Waals surface area contributed by atoms with Gasteiger partial charge in [-0.2, -0.15) is 15.3 Å². The first-order valence-electron chi connectivity index (χ1n) is 11.3. The van der Waals surface area contributed by atoms with Crippen LogP contribution >= 0.6 is 0 Å². The van der Waals surface area contributed by atoms with Crippen molar-refractivity contribution in [2.45, 2.75) is 25.2 Å². The third-order valence-electron chi connectivity index (χ3n) is 6.17. The van der Waals surface area contributed by atoms with Gasteiger partial charge < -0.3 is 20.9 Å². The van der Waals surface area contributed by atoms with Gasteiger partial charge in [0, 0.05) is 42.2 Å². The lowest BCUT2D eigenvalue weighted by atomic mass is 10.0. The Morgan fingerprint density at radius 2 is 1.97 bits per heavy atom. The van der Waals surface area contributed by atoms with Crippen LogP contribution in [-0.2, 0) is 16.1 Å². The molecule has 37 heavy (non-hydrogen) atoms. The van der Waals surface area contributed by atoms with E-state index in [9.17, 15) is 19.2 Å². The lowest BCUT2D eigenvalue weighted by Gasteiger charge is -2.30. The van der Waals surface area contributed by atoms with Crippen LogP contribution in [0, 0.1) is 0 Å². The number of aromatic amines is 1. The Kier molecular flexibility index (Phi) is 5.95. The first-order chi connectivity index (χ1) is 17.8. The van der Waals surface area contributed by atoms with E-state index in [1.807, 2.05) is 0 Å². The van der Waals surface area contributed by atoms with Gasteiger partial charge in [-0.25, -0.2) is 4.39 Å². The number of carbonyl (C=O) groups excluding carboxylic acids is 3. The molecular weight excluding hydrogens is 483 g/mol. The van der Waals surface area contributed by atoms with Crippen molar-refractivity contribution in [2.75, 3.05) is 11.9 Å². The molecule has 12 nitrogen and oxygen atoms in total. The number of primary amides is 1. The minimum Gasteiger partial charge on any atom is -0.364 e. The number of likely N-dealkylation sites (tertiary alicyclic amines) is 1. The van der Waals surface area contributed by atoms with Crippen LogP contribution < -0.4 is 16.5 Å². The Labute approximate surface area is 208 Å². The minimum atomic E-state index is -2.62. The zero-order valence-electron chi connectivity index (χ0n) is 19.3. The second-order valence-electron chi connectivity index (χ2n) is 8.53. The summed E-state index contributed by atoms with van der Waals surface area (Å²) in [6.45, 7) is -0.420. The molecule has 4 N–H and O–H groups in total. The van der Waals surface area contributed by atoms with Crippen LogP contribution in [0.5, 0.6) is 0 Å². The van der Waals surface area contributed by atoms with Crippen LogP contribution in [0.3, 0.4) is 0 Å². The molecule has 3 aromatic heterocycles. The second-order valence-corrected chi connectivity index (χ2v) is 8.53. The summed E-state index contributed by atoms with van der Waals surface area (Å²) in [5.74, 6) is -5.18. The number of nitrogens with zero attached hydrogens (tertiary/aromatic N) is 5. The molecule has 4 aromatic rings. The molecule has 188 valence electrons. The Hall–Kier alpha value is -4.94. The lowest BCUT2D eigenvalue weighted by molar-refractivity contribution is -0.153. The van der Waals surface area contributed by atoms with Crippen molar-refractivity contribution in [1.29, 1.82) is 0 Å². The molecular formula is C24H21FN8O4. The van der Waals surface area contributed by atoms with E-state index < -0.39 is 30.1 Å². The van der Waals surface area contributed by atoms with Crippen molar-refractivity contribution in [1.82, 2.24) is 29.9 Å². The van der Waals surface area contributed by atoms with Crippen LogP contribution in [0.2, 0.25) is 0 Å². The largest absolute Gasteiger partial charge is 0.364 e. The van der Waals surface area contributed by atoms with Gasteiger partial charge in [0.05, 0.1) is 17.9 Å². The van der Waals surface area contributed by atoms with Gasteiger partial charge >= 0.3 is 0 Å². The summed E-state index contributed by atoms with van der Waals surface area (Å²) in [5, 5.41) is 14.5. The summed E-state index contributed by atoms with van der Waals surface area (Å²) in [4.78, 5) is 53.1. The number of aromatic nitrogens is 5. The van der Waals surface area contributed by atoms with Crippen LogP contribution in [0.4, 0.5) is 10.2 Å². The van der Waals surface area contributed by atoms with E-state index in [-0.39, 0.29) is 36.3 Å². The normalized spacial score (nSPS) is 17.2. The SMILES string of the molecule is NC(=O)c1nn(CC(=O)N2CCC[C@]2(F)C(=O)Nc2cc(=O)cc[nH]2)c2ccc(-c3ccnnc3)cc12. The second kappa shape index (κ2) is 9.26. The van der Waals surface area contributed by atoms with Gasteiger partial charge in [-0.05, 0) is 30.2 Å². The molecule has 1 atom stereocenters. The van der Waals surface area contributed by atoms with E-state index >= 15 is 4.39 Å². The number of halogens is 1. The number of rotatable bonds is 6. The highest BCUT2D eigenvalue weighted by Crippen LogP contribution is 2.33. The average molecular weight is 504 g/mol. The lowest BCUT2D eigenvalue weighted by Crippen LogP contribution is -2.53. The number of pyridine rings is 1. The highest BCUT2D eigenvalue weighted by atomic mass is 19.1. The predicted octanol–water partition coefficient (Wildman–Crippen LogP) is 1.21. The first-order valence-corrected chi connectivity index (χ1v) is 11.3. The van der Waals surface area contributed by atoms with Crippen LogP contribution in [-0.4, -0.2) is 59.9 Å². The molecule has 0 bridgehead atoms. The Balaban J connectivity index is 1.43. The molecule has 5 rings (SSSR count). The number of hydrogen-bond donors (Lipinski definition) is 3. The molecule has 0 aliphatic carbocycles. The monoisotopic (exact) mass is 504 g/mol. The topological polar surface area (TPSA) is 169 Å². The maximum absolute atomic E-state index is 15.9. The van der Waals surface area contributed by atoms with Gasteiger partial charge in [0.25, 0.3) is 17.6 Å². The van der Waals surface area contributed by atoms with Crippen LogP contribution in [0.25, 0.3) is 22.0 Å². The van der Waals surface area contributed by atoms with Crippen molar-refractivity contribution in [3.8, 4) is 11.1 Å². The number of fused-ring (bicyclic) bond motifs is 1. The zero-order valence-corrected chi connectivity index (χ0v) is 19.3. The van der Waals surface area contributed by atoms with Crippen molar-refractivity contribution in [2.24, 2.45) is 5.73 Å². The van der Waals surface area contributed by atoms with E-state index in [1.165, 1.54) is 23.1 Å². The number of amides is 3. The summed E-state index contributed by atoms with van der Waals surface area (Å²) in [6.07, 6.45) is 4.45. The number of benzene rings is 1. The van der Waals surface area contributed by atoms with Crippen molar-refractivity contribution in [3.63, 3.8) is 0 Å². The van der Waals surface area contributed by atoms with Gasteiger partial charge in [-0.15, -0.1) is 0 Å². The molecule has 1 fully saturated rings. The summed E-state index contributed by atoms with van der Waals surface area (Å²) in [6, 6.07) is 9.23. The minimum absolute atomic E-state index is 0.00906. The maximum atomic E-state index is 15.9. The fourth-order valence-electron chi connectivity index (χ4n) is 4.41. The Morgan fingerprint density at radius 1 is 1.14 bits per heavy atom. The number of nitrogens with one attached hydrogen (secondary N) is 2. The van der Waals surface area contributed by atoms with Gasteiger partial charge in [-0.3, -0.25) is 23.9 Å². The smallest absolute Gasteiger partial charge is 0.284 e. The fraction of sp³-hybridized carbons (Fsp3) is 0.208. The van der Waals surface area contributed by atoms with Gasteiger partial charge in [0.2, 0.25) is 5.91 Å². The number of carbonyl (C=O) groups is 3. The zero-order chi connectivity index (χ0) is 26.2.